The summed E-state index contributed by atoms with van der Waals surface area (Å²) in [4.78, 5) is 20.5. The molecule has 1 heterocycles. The van der Waals surface area contributed by atoms with Gasteiger partial charge in [0.25, 0.3) is 11.8 Å². The zero-order valence-corrected chi connectivity index (χ0v) is 17.2. The third-order valence-corrected chi connectivity index (χ3v) is 5.85. The number of rotatable bonds is 9. The van der Waals surface area contributed by atoms with Crippen LogP contribution in [-0.2, 0) is 4.74 Å². The Hall–Kier alpha value is -2.07. The van der Waals surface area contributed by atoms with Crippen molar-refractivity contribution in [2.24, 2.45) is 11.7 Å². The van der Waals surface area contributed by atoms with Crippen LogP contribution in [0, 0.1) is 5.92 Å². The minimum Gasteiger partial charge on any atom is -0.396 e. The Labute approximate surface area is 175 Å². The van der Waals surface area contributed by atoms with Gasteiger partial charge < -0.3 is 26.2 Å². The van der Waals surface area contributed by atoms with E-state index in [4.69, 9.17) is 10.5 Å². The second-order valence-electron chi connectivity index (χ2n) is 8.44. The summed E-state index contributed by atoms with van der Waals surface area (Å²) in [6.07, 6.45) is 6.90. The van der Waals surface area contributed by atoms with E-state index < -0.39 is 18.4 Å². The molecule has 0 radical (unpaired) electrons. The van der Waals surface area contributed by atoms with Crippen LogP contribution >= 0.6 is 0 Å². The quantitative estimate of drug-likeness (QED) is 0.478. The second kappa shape index (κ2) is 9.82. The van der Waals surface area contributed by atoms with Gasteiger partial charge in [-0.05, 0) is 38.5 Å². The molecular weight excluding hydrogens is 396 g/mol. The van der Waals surface area contributed by atoms with Gasteiger partial charge in [0.05, 0.1) is 11.7 Å². The van der Waals surface area contributed by atoms with Crippen molar-refractivity contribution in [2.75, 3.05) is 23.8 Å². The van der Waals surface area contributed by atoms with Crippen molar-refractivity contribution in [3.63, 3.8) is 0 Å². The van der Waals surface area contributed by atoms with Crippen LogP contribution in [0.2, 0.25) is 0 Å². The van der Waals surface area contributed by atoms with Crippen molar-refractivity contribution in [1.82, 2.24) is 9.97 Å². The number of ether oxygens (including phenoxy) is 1. The Bertz CT molecular complexity index is 723. The smallest absolute Gasteiger partial charge is 0.268 e. The molecule has 2 aliphatic carbocycles. The van der Waals surface area contributed by atoms with Gasteiger partial charge in [-0.25, -0.2) is 13.8 Å². The second-order valence-corrected chi connectivity index (χ2v) is 8.44. The molecule has 5 N–H and O–H groups in total. The summed E-state index contributed by atoms with van der Waals surface area (Å²) in [5, 5.41) is 16.1. The van der Waals surface area contributed by atoms with E-state index in [1.807, 2.05) is 0 Å². The van der Waals surface area contributed by atoms with Crippen LogP contribution in [0.15, 0.2) is 6.20 Å². The molecule has 1 amide bonds. The number of anilines is 2. The number of amides is 1. The first-order chi connectivity index (χ1) is 14.2. The van der Waals surface area contributed by atoms with Gasteiger partial charge in [-0.3, -0.25) is 4.79 Å². The Morgan fingerprint density at radius 2 is 2.00 bits per heavy atom. The molecule has 0 saturated heterocycles. The van der Waals surface area contributed by atoms with E-state index in [-0.39, 0.29) is 36.3 Å². The molecule has 3 rings (SSSR count). The lowest BCUT2D eigenvalue weighted by atomic mass is 9.93. The number of carbonyl (C=O) groups excluding carboxylic acids is 1. The van der Waals surface area contributed by atoms with E-state index in [1.54, 1.807) is 0 Å². The van der Waals surface area contributed by atoms with E-state index in [9.17, 15) is 18.7 Å². The summed E-state index contributed by atoms with van der Waals surface area (Å²) in [6, 6.07) is 0.121. The van der Waals surface area contributed by atoms with Gasteiger partial charge in [-0.15, -0.1) is 0 Å². The third-order valence-electron chi connectivity index (χ3n) is 5.85. The van der Waals surface area contributed by atoms with Gasteiger partial charge in [0, 0.05) is 37.7 Å². The standard InChI is InChI=1S/C20H31F2N5O3/c1-20(21,22)11-30-14-7-5-13(6-8-14)25-19-24-9-15(17(23)29)18(27-19)26-16-4-2-3-12(16)10-28/h9,12-14,16,28H,2-8,10-11H2,1H3,(H2,23,29)(H2,24,25,26,27)/t12-,13?,14?,16?/m1/s1. The summed E-state index contributed by atoms with van der Waals surface area (Å²) < 4.78 is 31.2. The van der Waals surface area contributed by atoms with E-state index in [0.29, 0.717) is 24.6 Å². The van der Waals surface area contributed by atoms with Crippen LogP contribution < -0.4 is 16.4 Å². The molecule has 10 heteroatoms. The number of aliphatic hydroxyl groups excluding tert-OH is 1. The molecule has 8 nitrogen and oxygen atoms in total. The largest absolute Gasteiger partial charge is 0.396 e. The number of hydrogen-bond donors (Lipinski definition) is 4. The van der Waals surface area contributed by atoms with Gasteiger partial charge in [-0.1, -0.05) is 6.42 Å². The molecule has 1 aromatic heterocycles. The van der Waals surface area contributed by atoms with Gasteiger partial charge in [-0.2, -0.15) is 4.98 Å². The maximum Gasteiger partial charge on any atom is 0.268 e. The monoisotopic (exact) mass is 427 g/mol. The summed E-state index contributed by atoms with van der Waals surface area (Å²) in [7, 11) is 0. The predicted octanol–water partition coefficient (Wildman–Crippen LogP) is 2.54. The molecule has 1 aromatic rings. The number of halogens is 2. The highest BCUT2D eigenvalue weighted by atomic mass is 19.3. The van der Waals surface area contributed by atoms with Gasteiger partial charge in [0.15, 0.2) is 0 Å². The van der Waals surface area contributed by atoms with Crippen molar-refractivity contribution >= 4 is 17.7 Å². The summed E-state index contributed by atoms with van der Waals surface area (Å²) in [6.45, 7) is 0.376. The van der Waals surface area contributed by atoms with Gasteiger partial charge >= 0.3 is 0 Å². The van der Waals surface area contributed by atoms with Gasteiger partial charge in [0.1, 0.15) is 12.4 Å². The molecular formula is C20H31F2N5O3. The van der Waals surface area contributed by atoms with E-state index >= 15 is 0 Å². The van der Waals surface area contributed by atoms with Crippen LogP contribution in [0.1, 0.15) is 62.2 Å². The molecule has 2 aliphatic rings. The number of hydrogen-bond acceptors (Lipinski definition) is 7. The SMILES string of the molecule is CC(F)(F)COC1CCC(Nc2ncc(C(N)=O)c(NC3CCC[C@@H]3CO)n2)CC1. The fraction of sp³-hybridized carbons (Fsp3) is 0.750. The molecule has 0 aromatic carbocycles. The Balaban J connectivity index is 1.59. The van der Waals surface area contributed by atoms with Crippen LogP contribution in [0.5, 0.6) is 0 Å². The van der Waals surface area contributed by atoms with Crippen molar-refractivity contribution in [1.29, 1.82) is 0 Å². The molecule has 0 spiro atoms. The Kier molecular flexibility index (Phi) is 7.41. The average Bonchev–Trinajstić information content (AvgIpc) is 3.14. The average molecular weight is 427 g/mol. The summed E-state index contributed by atoms with van der Waals surface area (Å²) in [5.74, 6) is -2.57. The van der Waals surface area contributed by atoms with Crippen molar-refractivity contribution < 1.29 is 23.4 Å². The molecule has 168 valence electrons. The maximum absolute atomic E-state index is 13.0. The van der Waals surface area contributed by atoms with Crippen molar-refractivity contribution in [2.45, 2.75) is 76.0 Å². The van der Waals surface area contributed by atoms with Crippen LogP contribution in [0.25, 0.3) is 0 Å². The highest BCUT2D eigenvalue weighted by molar-refractivity contribution is 5.97. The molecule has 30 heavy (non-hydrogen) atoms. The lowest BCUT2D eigenvalue weighted by molar-refractivity contribution is -0.0943. The van der Waals surface area contributed by atoms with E-state index in [2.05, 4.69) is 20.6 Å². The first-order valence-electron chi connectivity index (χ1n) is 10.6. The fourth-order valence-electron chi connectivity index (χ4n) is 4.18. The molecule has 1 unspecified atom stereocenters. The van der Waals surface area contributed by atoms with Crippen LogP contribution in [0.4, 0.5) is 20.5 Å². The van der Waals surface area contributed by atoms with E-state index in [0.717, 1.165) is 39.0 Å². The molecule has 2 atom stereocenters. The highest BCUT2D eigenvalue weighted by Gasteiger charge is 2.29. The van der Waals surface area contributed by atoms with Crippen molar-refractivity contribution in [3.05, 3.63) is 11.8 Å². The number of nitrogens with one attached hydrogen (secondary N) is 2. The summed E-state index contributed by atoms with van der Waals surface area (Å²) in [5.41, 5.74) is 5.68. The normalized spacial score (nSPS) is 27.1. The Morgan fingerprint density at radius 3 is 2.63 bits per heavy atom. The third kappa shape index (κ3) is 6.21. The first-order valence-corrected chi connectivity index (χ1v) is 10.6. The zero-order chi connectivity index (χ0) is 21.7. The molecule has 0 bridgehead atoms. The van der Waals surface area contributed by atoms with Gasteiger partial charge in [0.2, 0.25) is 5.95 Å². The molecule has 2 saturated carbocycles. The number of aliphatic hydroxyl groups is 1. The first kappa shape index (κ1) is 22.6. The van der Waals surface area contributed by atoms with Crippen molar-refractivity contribution in [3.8, 4) is 0 Å². The number of primary amides is 1. The summed E-state index contributed by atoms with van der Waals surface area (Å²) >= 11 is 0. The maximum atomic E-state index is 13.0. The van der Waals surface area contributed by atoms with Crippen LogP contribution in [0.3, 0.4) is 0 Å². The lowest BCUT2D eigenvalue weighted by Crippen LogP contribution is -2.33. The molecule has 2 fully saturated rings. The Morgan fingerprint density at radius 1 is 1.27 bits per heavy atom. The number of nitrogens with two attached hydrogens (primary N) is 1. The highest BCUT2D eigenvalue weighted by Crippen LogP contribution is 2.29. The number of carbonyl (C=O) groups is 1. The van der Waals surface area contributed by atoms with E-state index in [1.165, 1.54) is 6.20 Å². The zero-order valence-electron chi connectivity index (χ0n) is 17.2. The predicted molar refractivity (Wildman–Crippen MR) is 109 cm³/mol. The van der Waals surface area contributed by atoms with Crippen LogP contribution in [-0.4, -0.2) is 58.3 Å². The minimum atomic E-state index is -2.82. The number of nitrogens with zero attached hydrogens (tertiary/aromatic N) is 2. The lowest BCUT2D eigenvalue weighted by Gasteiger charge is -2.30. The minimum absolute atomic E-state index is 0.0279. The number of aromatic nitrogens is 2. The topological polar surface area (TPSA) is 122 Å². The molecule has 0 aliphatic heterocycles. The number of alkyl halides is 2. The fourth-order valence-corrected chi connectivity index (χ4v) is 4.18.